The highest BCUT2D eigenvalue weighted by Gasteiger charge is 2.29. The van der Waals surface area contributed by atoms with Crippen LogP contribution in [0, 0.1) is 5.82 Å². The summed E-state index contributed by atoms with van der Waals surface area (Å²) < 4.78 is 21.1. The number of nitrogens with zero attached hydrogens (tertiary/aromatic N) is 2. The summed E-state index contributed by atoms with van der Waals surface area (Å²) in [4.78, 5) is 13.1. The van der Waals surface area contributed by atoms with Gasteiger partial charge >= 0.3 is 0 Å². The van der Waals surface area contributed by atoms with Crippen molar-refractivity contribution in [3.8, 4) is 5.75 Å². The van der Waals surface area contributed by atoms with Crippen molar-refractivity contribution < 1.29 is 13.9 Å². The molecule has 3 aromatic rings. The normalized spacial score (nSPS) is 14.8. The average Bonchev–Trinajstić information content (AvgIpc) is 3.02. The van der Waals surface area contributed by atoms with E-state index in [2.05, 4.69) is 37.0 Å². The van der Waals surface area contributed by atoms with Gasteiger partial charge in [0.1, 0.15) is 18.2 Å². The van der Waals surface area contributed by atoms with Crippen LogP contribution in [0.3, 0.4) is 0 Å². The third kappa shape index (κ3) is 4.78. The quantitative estimate of drug-likeness (QED) is 0.334. The molecular weight excluding hydrogens is 527 g/mol. The van der Waals surface area contributed by atoms with Crippen LogP contribution in [0.5, 0.6) is 5.75 Å². The highest BCUT2D eigenvalue weighted by molar-refractivity contribution is 9.11. The Morgan fingerprint density at radius 3 is 2.58 bits per heavy atom. The van der Waals surface area contributed by atoms with Gasteiger partial charge in [-0.2, -0.15) is 10.1 Å². The summed E-state index contributed by atoms with van der Waals surface area (Å²) >= 11 is 7.02. The Bertz CT molecular complexity index is 1210. The van der Waals surface area contributed by atoms with Gasteiger partial charge in [-0.1, -0.05) is 46.3 Å². The summed E-state index contributed by atoms with van der Waals surface area (Å²) in [6.07, 6.45) is 1.76. The molecule has 0 radical (unpaired) electrons. The van der Waals surface area contributed by atoms with Crippen LogP contribution in [0.15, 0.2) is 86.3 Å². The molecule has 7 heteroatoms. The number of ether oxygens (including phenoxy) is 1. The number of carbonyl (C=O) groups excluding carboxylic acids is 1. The molecule has 3 aromatic carbocycles. The van der Waals surface area contributed by atoms with Crippen LogP contribution in [-0.4, -0.2) is 11.6 Å². The molecule has 156 valence electrons. The van der Waals surface area contributed by atoms with Crippen LogP contribution in [0.25, 0.3) is 6.08 Å². The van der Waals surface area contributed by atoms with Crippen molar-refractivity contribution in [3.63, 3.8) is 0 Å². The molecule has 0 unspecified atom stereocenters. The van der Waals surface area contributed by atoms with Gasteiger partial charge in [-0.05, 0) is 70.9 Å². The molecule has 0 aromatic heterocycles. The van der Waals surface area contributed by atoms with Crippen LogP contribution >= 0.6 is 31.9 Å². The molecule has 1 heterocycles. The van der Waals surface area contributed by atoms with E-state index in [1.54, 1.807) is 25.1 Å². The van der Waals surface area contributed by atoms with Crippen LogP contribution < -0.4 is 9.75 Å². The largest absolute Gasteiger partial charge is 0.487 e. The first-order valence-corrected chi connectivity index (χ1v) is 11.0. The lowest BCUT2D eigenvalue weighted by atomic mass is 10.1. The molecule has 0 bridgehead atoms. The average molecular weight is 544 g/mol. The van der Waals surface area contributed by atoms with Gasteiger partial charge in [0.2, 0.25) is 0 Å². The minimum Gasteiger partial charge on any atom is -0.487 e. The highest BCUT2D eigenvalue weighted by Crippen LogP contribution is 2.36. The maximum Gasteiger partial charge on any atom is 0.280 e. The molecule has 0 N–H and O–H groups in total. The van der Waals surface area contributed by atoms with Crippen LogP contribution in [0.4, 0.5) is 10.1 Å². The van der Waals surface area contributed by atoms with Crippen molar-refractivity contribution >= 4 is 55.2 Å². The van der Waals surface area contributed by atoms with Gasteiger partial charge in [-0.15, -0.1) is 0 Å². The van der Waals surface area contributed by atoms with Gasteiger partial charge in [0, 0.05) is 10.0 Å². The fourth-order valence-corrected chi connectivity index (χ4v) is 4.58. The molecule has 4 nitrogen and oxygen atoms in total. The van der Waals surface area contributed by atoms with Crippen molar-refractivity contribution in [1.29, 1.82) is 0 Å². The van der Waals surface area contributed by atoms with Crippen molar-refractivity contribution in [2.24, 2.45) is 5.10 Å². The number of rotatable bonds is 5. The van der Waals surface area contributed by atoms with E-state index >= 15 is 0 Å². The van der Waals surface area contributed by atoms with Gasteiger partial charge in [0.05, 0.1) is 21.4 Å². The SMILES string of the molecule is CC1=NN(c2ccccc2)C(=O)/C1=C/c1cc(Br)cc(Br)c1OCc1cccc(F)c1. The summed E-state index contributed by atoms with van der Waals surface area (Å²) in [5.41, 5.74) is 3.20. The first kappa shape index (κ1) is 21.5. The molecule has 0 fully saturated rings. The van der Waals surface area contributed by atoms with Crippen molar-refractivity contribution in [2.45, 2.75) is 13.5 Å². The molecule has 1 aliphatic heterocycles. The molecule has 1 amide bonds. The second-order valence-electron chi connectivity index (χ2n) is 6.92. The van der Waals surface area contributed by atoms with Gasteiger partial charge < -0.3 is 4.74 Å². The Morgan fingerprint density at radius 2 is 1.84 bits per heavy atom. The summed E-state index contributed by atoms with van der Waals surface area (Å²) in [5, 5.41) is 5.81. The third-order valence-electron chi connectivity index (χ3n) is 4.67. The Kier molecular flexibility index (Phi) is 6.34. The molecule has 31 heavy (non-hydrogen) atoms. The minimum absolute atomic E-state index is 0.186. The number of hydrogen-bond acceptors (Lipinski definition) is 3. The predicted molar refractivity (Wildman–Crippen MR) is 128 cm³/mol. The molecule has 0 saturated heterocycles. The molecular formula is C24H17Br2FN2O2. The standard InChI is InChI=1S/C24H17Br2FN2O2/c1-15-21(24(30)29(28-15)20-8-3-2-4-9-20)12-17-11-18(25)13-22(26)23(17)31-14-16-6-5-7-19(27)10-16/h2-13H,14H2,1H3/b21-12+. The van der Waals surface area contributed by atoms with Crippen molar-refractivity contribution in [3.05, 3.63) is 98.2 Å². The van der Waals surface area contributed by atoms with Crippen LogP contribution in [0.1, 0.15) is 18.1 Å². The van der Waals surface area contributed by atoms with E-state index in [0.717, 1.165) is 4.47 Å². The lowest BCUT2D eigenvalue weighted by Gasteiger charge is -2.14. The maximum atomic E-state index is 13.5. The number of benzene rings is 3. The first-order chi connectivity index (χ1) is 14.9. The third-order valence-corrected chi connectivity index (χ3v) is 5.72. The second kappa shape index (κ2) is 9.16. The van der Waals surface area contributed by atoms with Gasteiger partial charge in [-0.25, -0.2) is 4.39 Å². The second-order valence-corrected chi connectivity index (χ2v) is 8.69. The molecule has 0 saturated carbocycles. The molecule has 4 rings (SSSR count). The van der Waals surface area contributed by atoms with Gasteiger partial charge in [0.25, 0.3) is 5.91 Å². The van der Waals surface area contributed by atoms with Crippen molar-refractivity contribution in [2.75, 3.05) is 5.01 Å². The molecule has 0 aliphatic carbocycles. The lowest BCUT2D eigenvalue weighted by Crippen LogP contribution is -2.21. The topological polar surface area (TPSA) is 41.9 Å². The number of amides is 1. The minimum atomic E-state index is -0.317. The van der Waals surface area contributed by atoms with E-state index in [-0.39, 0.29) is 18.3 Å². The van der Waals surface area contributed by atoms with E-state index in [4.69, 9.17) is 4.74 Å². The summed E-state index contributed by atoms with van der Waals surface area (Å²) in [6, 6.07) is 19.3. The number of hydrogen-bond donors (Lipinski definition) is 0. The van der Waals surface area contributed by atoms with Crippen LogP contribution in [0.2, 0.25) is 0 Å². The first-order valence-electron chi connectivity index (χ1n) is 9.45. The fraction of sp³-hybridized carbons (Fsp3) is 0.0833. The monoisotopic (exact) mass is 542 g/mol. The molecule has 1 aliphatic rings. The molecule has 0 atom stereocenters. The Labute approximate surface area is 196 Å². The number of hydrazone groups is 1. The van der Waals surface area contributed by atoms with Gasteiger partial charge in [0.15, 0.2) is 0 Å². The Hall–Kier alpha value is -2.77. The van der Waals surface area contributed by atoms with E-state index in [1.807, 2.05) is 42.5 Å². The number of carbonyl (C=O) groups is 1. The zero-order valence-electron chi connectivity index (χ0n) is 16.5. The fourth-order valence-electron chi connectivity index (χ4n) is 3.21. The number of anilines is 1. The van der Waals surface area contributed by atoms with E-state index < -0.39 is 0 Å². The summed E-state index contributed by atoms with van der Waals surface area (Å²) in [7, 11) is 0. The zero-order valence-corrected chi connectivity index (χ0v) is 19.7. The Balaban J connectivity index is 1.67. The number of halogens is 3. The zero-order chi connectivity index (χ0) is 22.0. The van der Waals surface area contributed by atoms with Gasteiger partial charge in [-0.3, -0.25) is 4.79 Å². The predicted octanol–water partition coefficient (Wildman–Crippen LogP) is 6.74. The number of para-hydroxylation sites is 1. The highest BCUT2D eigenvalue weighted by atomic mass is 79.9. The van der Waals surface area contributed by atoms with Crippen molar-refractivity contribution in [1.82, 2.24) is 0 Å². The van der Waals surface area contributed by atoms with E-state index in [1.165, 1.54) is 17.1 Å². The Morgan fingerprint density at radius 1 is 1.06 bits per heavy atom. The smallest absolute Gasteiger partial charge is 0.280 e. The van der Waals surface area contributed by atoms with E-state index in [0.29, 0.717) is 38.3 Å². The lowest BCUT2D eigenvalue weighted by molar-refractivity contribution is -0.114. The molecule has 0 spiro atoms. The maximum absolute atomic E-state index is 13.5. The summed E-state index contributed by atoms with van der Waals surface area (Å²) in [6.45, 7) is 1.98. The van der Waals surface area contributed by atoms with E-state index in [9.17, 15) is 9.18 Å². The summed E-state index contributed by atoms with van der Waals surface area (Å²) in [5.74, 6) is 0.0253. The van der Waals surface area contributed by atoms with Crippen LogP contribution in [-0.2, 0) is 11.4 Å².